The van der Waals surface area contributed by atoms with E-state index < -0.39 is 0 Å². The van der Waals surface area contributed by atoms with Crippen LogP contribution in [0, 0.1) is 18.3 Å². The van der Waals surface area contributed by atoms with Crippen LogP contribution in [0.4, 0.5) is 11.5 Å². The van der Waals surface area contributed by atoms with Crippen molar-refractivity contribution in [3.05, 3.63) is 51.6 Å². The van der Waals surface area contributed by atoms with E-state index in [0.717, 1.165) is 11.3 Å². The largest absolute Gasteiger partial charge is 0.339 e. The molecule has 2 rings (SSSR count). The molecule has 0 saturated carbocycles. The molecule has 0 saturated heterocycles. The van der Waals surface area contributed by atoms with Crippen molar-refractivity contribution in [2.45, 2.75) is 6.92 Å². The number of aromatic nitrogens is 1. The van der Waals surface area contributed by atoms with E-state index in [1.54, 1.807) is 12.1 Å². The summed E-state index contributed by atoms with van der Waals surface area (Å²) in [6.45, 7) is 1.93. The number of benzene rings is 1. The topological polar surface area (TPSA) is 48.7 Å². The van der Waals surface area contributed by atoms with Gasteiger partial charge in [0.05, 0.1) is 5.56 Å². The van der Waals surface area contributed by atoms with Crippen molar-refractivity contribution in [1.29, 1.82) is 5.26 Å². The van der Waals surface area contributed by atoms with Gasteiger partial charge in [-0.25, -0.2) is 4.98 Å². The normalized spacial score (nSPS) is 9.89. The molecule has 0 unspecified atom stereocenters. The van der Waals surface area contributed by atoms with Crippen molar-refractivity contribution in [2.75, 3.05) is 5.32 Å². The van der Waals surface area contributed by atoms with Crippen molar-refractivity contribution in [3.63, 3.8) is 0 Å². The molecule has 0 aliphatic heterocycles. The zero-order chi connectivity index (χ0) is 13.1. The van der Waals surface area contributed by atoms with Crippen LogP contribution >= 0.6 is 23.2 Å². The first-order chi connectivity index (χ1) is 8.61. The first kappa shape index (κ1) is 12.7. The van der Waals surface area contributed by atoms with Gasteiger partial charge in [0.25, 0.3) is 0 Å². The number of nitriles is 1. The van der Waals surface area contributed by atoms with Crippen molar-refractivity contribution < 1.29 is 0 Å². The number of nitrogens with one attached hydrogen (secondary N) is 1. The van der Waals surface area contributed by atoms with E-state index in [2.05, 4.69) is 10.3 Å². The minimum Gasteiger partial charge on any atom is -0.339 e. The molecule has 1 N–H and O–H groups in total. The maximum atomic E-state index is 8.89. The lowest BCUT2D eigenvalue weighted by Gasteiger charge is -2.10. The Kier molecular flexibility index (Phi) is 3.71. The minimum atomic E-state index is 0.314. The lowest BCUT2D eigenvalue weighted by atomic mass is 10.2. The second-order valence-electron chi connectivity index (χ2n) is 3.72. The molecule has 1 aromatic carbocycles. The van der Waals surface area contributed by atoms with Crippen LogP contribution in [0.5, 0.6) is 0 Å². The Labute approximate surface area is 115 Å². The first-order valence-electron chi connectivity index (χ1n) is 5.19. The molecular weight excluding hydrogens is 269 g/mol. The minimum absolute atomic E-state index is 0.314. The number of halogens is 2. The van der Waals surface area contributed by atoms with Crippen LogP contribution < -0.4 is 5.32 Å². The molecule has 3 nitrogen and oxygen atoms in total. The van der Waals surface area contributed by atoms with Gasteiger partial charge in [0.1, 0.15) is 11.1 Å². The van der Waals surface area contributed by atoms with Gasteiger partial charge in [-0.2, -0.15) is 5.26 Å². The van der Waals surface area contributed by atoms with Gasteiger partial charge in [-0.05, 0) is 36.8 Å². The first-order valence-corrected chi connectivity index (χ1v) is 5.95. The molecule has 0 aliphatic carbocycles. The summed E-state index contributed by atoms with van der Waals surface area (Å²) in [6, 6.07) is 9.04. The summed E-state index contributed by atoms with van der Waals surface area (Å²) in [7, 11) is 0. The third kappa shape index (κ3) is 2.56. The number of anilines is 2. The van der Waals surface area contributed by atoms with Crippen molar-refractivity contribution in [2.24, 2.45) is 0 Å². The van der Waals surface area contributed by atoms with Gasteiger partial charge < -0.3 is 5.32 Å². The SMILES string of the molecule is Cc1cc(Cl)ccc1Nc1nccc(C#N)c1Cl. The Morgan fingerprint density at radius 3 is 2.72 bits per heavy atom. The number of hydrogen-bond acceptors (Lipinski definition) is 3. The molecular formula is C13H9Cl2N3. The molecule has 1 aromatic heterocycles. The van der Waals surface area contributed by atoms with E-state index in [4.69, 9.17) is 28.5 Å². The van der Waals surface area contributed by atoms with Gasteiger partial charge >= 0.3 is 0 Å². The molecule has 0 bridgehead atoms. The summed E-state index contributed by atoms with van der Waals surface area (Å²) in [5.74, 6) is 0.459. The average Bonchev–Trinajstić information content (AvgIpc) is 2.35. The summed E-state index contributed by atoms with van der Waals surface area (Å²) in [5.41, 5.74) is 2.22. The van der Waals surface area contributed by atoms with E-state index in [1.165, 1.54) is 6.20 Å². The molecule has 18 heavy (non-hydrogen) atoms. The second-order valence-corrected chi connectivity index (χ2v) is 4.53. The van der Waals surface area contributed by atoms with Crippen LogP contribution in [0.15, 0.2) is 30.5 Å². The maximum absolute atomic E-state index is 8.89. The predicted octanol–water partition coefficient (Wildman–Crippen LogP) is 4.31. The Balaban J connectivity index is 2.38. The van der Waals surface area contributed by atoms with E-state index in [1.807, 2.05) is 25.1 Å². The zero-order valence-electron chi connectivity index (χ0n) is 9.54. The summed E-state index contributed by atoms with van der Waals surface area (Å²) < 4.78 is 0. The van der Waals surface area contributed by atoms with Gasteiger partial charge in [-0.15, -0.1) is 0 Å². The van der Waals surface area contributed by atoms with Gasteiger partial charge in [-0.1, -0.05) is 23.2 Å². The molecule has 0 amide bonds. The monoisotopic (exact) mass is 277 g/mol. The fraction of sp³-hybridized carbons (Fsp3) is 0.0769. The highest BCUT2D eigenvalue weighted by atomic mass is 35.5. The number of aryl methyl sites for hydroxylation is 1. The lowest BCUT2D eigenvalue weighted by Crippen LogP contribution is -1.97. The third-order valence-corrected chi connectivity index (χ3v) is 3.07. The molecule has 0 aliphatic rings. The standard InChI is InChI=1S/C13H9Cl2N3/c1-8-6-10(14)2-3-11(8)18-13-12(15)9(7-16)4-5-17-13/h2-6H,1H3,(H,17,18). The summed E-state index contributed by atoms with van der Waals surface area (Å²) in [5, 5.41) is 13.0. The highest BCUT2D eigenvalue weighted by Crippen LogP contribution is 2.28. The van der Waals surface area contributed by atoms with E-state index >= 15 is 0 Å². The number of rotatable bonds is 2. The number of hydrogen-bond donors (Lipinski definition) is 1. The van der Waals surface area contributed by atoms with E-state index in [0.29, 0.717) is 21.4 Å². The van der Waals surface area contributed by atoms with Gasteiger partial charge in [0.2, 0.25) is 0 Å². The molecule has 0 radical (unpaired) electrons. The Hall–Kier alpha value is -1.76. The lowest BCUT2D eigenvalue weighted by molar-refractivity contribution is 1.28. The smallest absolute Gasteiger partial charge is 0.150 e. The molecule has 2 aromatic rings. The second kappa shape index (κ2) is 5.26. The van der Waals surface area contributed by atoms with Gasteiger partial charge in [0.15, 0.2) is 5.82 Å². The molecule has 90 valence electrons. The van der Waals surface area contributed by atoms with Crippen LogP contribution in [0.2, 0.25) is 10.0 Å². The Morgan fingerprint density at radius 2 is 2.06 bits per heavy atom. The maximum Gasteiger partial charge on any atom is 0.150 e. The average molecular weight is 278 g/mol. The quantitative estimate of drug-likeness (QED) is 0.890. The molecule has 0 atom stereocenters. The predicted molar refractivity (Wildman–Crippen MR) is 73.4 cm³/mol. The fourth-order valence-corrected chi connectivity index (χ4v) is 1.94. The van der Waals surface area contributed by atoms with Gasteiger partial charge in [-0.3, -0.25) is 0 Å². The Bertz CT molecular complexity index is 633. The Morgan fingerprint density at radius 1 is 1.28 bits per heavy atom. The van der Waals surface area contributed by atoms with Crippen LogP contribution in [-0.4, -0.2) is 4.98 Å². The van der Waals surface area contributed by atoms with Crippen LogP contribution in [0.25, 0.3) is 0 Å². The summed E-state index contributed by atoms with van der Waals surface area (Å²) in [6.07, 6.45) is 1.54. The van der Waals surface area contributed by atoms with Crippen LogP contribution in [0.1, 0.15) is 11.1 Å². The fourth-order valence-electron chi connectivity index (χ4n) is 1.51. The van der Waals surface area contributed by atoms with Crippen molar-refractivity contribution in [3.8, 4) is 6.07 Å². The highest BCUT2D eigenvalue weighted by molar-refractivity contribution is 6.34. The summed E-state index contributed by atoms with van der Waals surface area (Å²) in [4.78, 5) is 4.12. The molecule has 0 fully saturated rings. The molecule has 1 heterocycles. The molecule has 5 heteroatoms. The van der Waals surface area contributed by atoms with Gasteiger partial charge in [0, 0.05) is 16.9 Å². The highest BCUT2D eigenvalue weighted by Gasteiger charge is 2.08. The molecule has 0 spiro atoms. The van der Waals surface area contributed by atoms with Crippen LogP contribution in [-0.2, 0) is 0 Å². The third-order valence-electron chi connectivity index (χ3n) is 2.45. The van der Waals surface area contributed by atoms with E-state index in [-0.39, 0.29) is 0 Å². The van der Waals surface area contributed by atoms with E-state index in [9.17, 15) is 0 Å². The summed E-state index contributed by atoms with van der Waals surface area (Å²) >= 11 is 12.0. The number of pyridine rings is 1. The van der Waals surface area contributed by atoms with Crippen LogP contribution in [0.3, 0.4) is 0 Å². The van der Waals surface area contributed by atoms with Crippen molar-refractivity contribution >= 4 is 34.7 Å². The number of nitrogens with zero attached hydrogens (tertiary/aromatic N) is 2. The van der Waals surface area contributed by atoms with Crippen molar-refractivity contribution in [1.82, 2.24) is 4.98 Å². The zero-order valence-corrected chi connectivity index (χ0v) is 11.0.